The van der Waals surface area contributed by atoms with Gasteiger partial charge in [-0.25, -0.2) is 0 Å². The van der Waals surface area contributed by atoms with E-state index in [0.29, 0.717) is 5.13 Å². The Morgan fingerprint density at radius 3 is 2.34 bits per heavy atom. The van der Waals surface area contributed by atoms with Crippen molar-refractivity contribution in [3.8, 4) is 11.1 Å². The predicted octanol–water partition coefficient (Wildman–Crippen LogP) is 5.68. The van der Waals surface area contributed by atoms with Gasteiger partial charge in [0.1, 0.15) is 0 Å². The highest BCUT2D eigenvalue weighted by atomic mass is 32.2. The summed E-state index contributed by atoms with van der Waals surface area (Å²) in [4.78, 5) is 12.5. The summed E-state index contributed by atoms with van der Waals surface area (Å²) in [7, 11) is 0. The largest absolute Gasteiger partial charge is 0.330 e. The van der Waals surface area contributed by atoms with E-state index in [1.165, 1.54) is 23.1 Å². The minimum Gasteiger partial charge on any atom is -0.330 e. The highest BCUT2D eigenvalue weighted by Gasteiger charge is 2.11. The zero-order chi connectivity index (χ0) is 19.9. The van der Waals surface area contributed by atoms with Crippen LogP contribution in [0.25, 0.3) is 11.1 Å². The molecule has 0 radical (unpaired) electrons. The normalized spacial score (nSPS) is 10.5. The van der Waals surface area contributed by atoms with Crippen LogP contribution in [0.15, 0.2) is 89.3 Å². The van der Waals surface area contributed by atoms with E-state index in [1.807, 2.05) is 84.9 Å². The summed E-state index contributed by atoms with van der Waals surface area (Å²) in [6.07, 6.45) is 0. The molecule has 0 bridgehead atoms. The fourth-order valence-corrected chi connectivity index (χ4v) is 4.31. The second-order valence-electron chi connectivity index (χ2n) is 6.11. The van der Waals surface area contributed by atoms with Gasteiger partial charge in [0.05, 0.1) is 5.75 Å². The van der Waals surface area contributed by atoms with Gasteiger partial charge in [0.2, 0.25) is 11.0 Å². The van der Waals surface area contributed by atoms with E-state index in [-0.39, 0.29) is 11.7 Å². The van der Waals surface area contributed by atoms with Gasteiger partial charge in [0.15, 0.2) is 4.34 Å². The molecule has 0 unspecified atom stereocenters. The molecule has 3 aromatic carbocycles. The van der Waals surface area contributed by atoms with Gasteiger partial charge in [-0.15, -0.1) is 10.2 Å². The van der Waals surface area contributed by atoms with Crippen molar-refractivity contribution in [3.63, 3.8) is 0 Å². The molecule has 0 atom stereocenters. The number of hydrogen-bond donors (Lipinski definition) is 2. The van der Waals surface area contributed by atoms with Gasteiger partial charge in [-0.2, -0.15) is 0 Å². The van der Waals surface area contributed by atoms with Crippen LogP contribution in [0.5, 0.6) is 0 Å². The molecule has 0 spiro atoms. The lowest BCUT2D eigenvalue weighted by molar-refractivity contribution is -0.113. The van der Waals surface area contributed by atoms with Crippen LogP contribution in [0.2, 0.25) is 0 Å². The molecule has 144 valence electrons. The van der Waals surface area contributed by atoms with Crippen molar-refractivity contribution >= 4 is 45.5 Å². The Morgan fingerprint density at radius 1 is 0.862 bits per heavy atom. The van der Waals surface area contributed by atoms with Gasteiger partial charge in [0, 0.05) is 16.9 Å². The third-order valence-corrected chi connectivity index (χ3v) is 6.02. The number of nitrogens with one attached hydrogen (secondary N) is 2. The van der Waals surface area contributed by atoms with Gasteiger partial charge in [-0.1, -0.05) is 89.8 Å². The first-order valence-electron chi connectivity index (χ1n) is 9.00. The maximum Gasteiger partial charge on any atom is 0.234 e. The second-order valence-corrected chi connectivity index (χ2v) is 8.31. The minimum absolute atomic E-state index is 0.0776. The lowest BCUT2D eigenvalue weighted by Crippen LogP contribution is -2.14. The second kappa shape index (κ2) is 9.36. The van der Waals surface area contributed by atoms with Crippen molar-refractivity contribution in [1.82, 2.24) is 10.2 Å². The smallest absolute Gasteiger partial charge is 0.234 e. The van der Waals surface area contributed by atoms with Crippen molar-refractivity contribution in [2.45, 2.75) is 4.34 Å². The van der Waals surface area contributed by atoms with Crippen molar-refractivity contribution in [2.75, 3.05) is 16.4 Å². The van der Waals surface area contributed by atoms with Crippen LogP contribution in [-0.2, 0) is 4.79 Å². The standard InChI is InChI=1S/C22H18N4OS2/c27-20(24-19-14-8-7-13-18(19)16-9-3-1-4-10-16)15-28-22-26-25-21(29-22)23-17-11-5-2-6-12-17/h1-14H,15H2,(H,23,25)(H,24,27). The maximum absolute atomic E-state index is 12.5. The molecule has 7 heteroatoms. The molecule has 0 saturated heterocycles. The molecule has 5 nitrogen and oxygen atoms in total. The Balaban J connectivity index is 1.36. The molecule has 0 aliphatic heterocycles. The van der Waals surface area contributed by atoms with Crippen molar-refractivity contribution in [2.24, 2.45) is 0 Å². The molecule has 4 rings (SSSR count). The van der Waals surface area contributed by atoms with Crippen molar-refractivity contribution in [1.29, 1.82) is 0 Å². The lowest BCUT2D eigenvalue weighted by atomic mass is 10.0. The third kappa shape index (κ3) is 5.22. The molecule has 1 aromatic heterocycles. The van der Waals surface area contributed by atoms with Crippen LogP contribution in [0.4, 0.5) is 16.5 Å². The van der Waals surface area contributed by atoms with Gasteiger partial charge in [0.25, 0.3) is 0 Å². The summed E-state index contributed by atoms with van der Waals surface area (Å²) in [5.74, 6) is 0.189. The van der Waals surface area contributed by atoms with Crippen LogP contribution in [0, 0.1) is 0 Å². The number of rotatable bonds is 7. The fourth-order valence-electron chi connectivity index (χ4n) is 2.74. The Labute approximate surface area is 177 Å². The van der Waals surface area contributed by atoms with E-state index >= 15 is 0 Å². The van der Waals surface area contributed by atoms with Crippen molar-refractivity contribution in [3.05, 3.63) is 84.9 Å². The van der Waals surface area contributed by atoms with E-state index in [9.17, 15) is 4.79 Å². The summed E-state index contributed by atoms with van der Waals surface area (Å²) < 4.78 is 0.745. The van der Waals surface area contributed by atoms with Crippen LogP contribution in [0.3, 0.4) is 0 Å². The molecular formula is C22H18N4OS2. The Hall–Kier alpha value is -3.16. The van der Waals surface area contributed by atoms with Gasteiger partial charge < -0.3 is 10.6 Å². The number of nitrogens with zero attached hydrogens (tertiary/aromatic N) is 2. The van der Waals surface area contributed by atoms with Crippen LogP contribution < -0.4 is 10.6 Å². The maximum atomic E-state index is 12.5. The first-order valence-corrected chi connectivity index (χ1v) is 10.8. The lowest BCUT2D eigenvalue weighted by Gasteiger charge is -2.10. The molecule has 0 aliphatic carbocycles. The average Bonchev–Trinajstić information content (AvgIpc) is 3.21. The Morgan fingerprint density at radius 2 is 1.55 bits per heavy atom. The summed E-state index contributed by atoms with van der Waals surface area (Å²) >= 11 is 2.80. The van der Waals surface area contributed by atoms with E-state index in [0.717, 1.165) is 26.8 Å². The first-order chi connectivity index (χ1) is 14.3. The molecule has 0 fully saturated rings. The number of para-hydroxylation sites is 2. The third-order valence-electron chi connectivity index (χ3n) is 4.04. The number of anilines is 3. The molecule has 1 amide bonds. The molecule has 0 saturated carbocycles. The molecule has 4 aromatic rings. The molecular weight excluding hydrogens is 400 g/mol. The highest BCUT2D eigenvalue weighted by molar-refractivity contribution is 8.01. The predicted molar refractivity (Wildman–Crippen MR) is 121 cm³/mol. The molecule has 0 aliphatic rings. The average molecular weight is 419 g/mol. The van der Waals surface area contributed by atoms with Crippen LogP contribution in [0.1, 0.15) is 0 Å². The van der Waals surface area contributed by atoms with Crippen LogP contribution >= 0.6 is 23.1 Å². The number of carbonyl (C=O) groups excluding carboxylic acids is 1. The van der Waals surface area contributed by atoms with Crippen LogP contribution in [-0.4, -0.2) is 21.9 Å². The fraction of sp³-hybridized carbons (Fsp3) is 0.0455. The van der Waals surface area contributed by atoms with Crippen molar-refractivity contribution < 1.29 is 4.79 Å². The van der Waals surface area contributed by atoms with E-state index < -0.39 is 0 Å². The Bertz CT molecular complexity index is 1080. The number of amides is 1. The monoisotopic (exact) mass is 418 g/mol. The van der Waals surface area contributed by atoms with Gasteiger partial charge >= 0.3 is 0 Å². The number of hydrogen-bond acceptors (Lipinski definition) is 6. The van der Waals surface area contributed by atoms with E-state index in [1.54, 1.807) is 0 Å². The van der Waals surface area contributed by atoms with Gasteiger partial charge in [-0.05, 0) is 23.8 Å². The quantitative estimate of drug-likeness (QED) is 0.378. The summed E-state index contributed by atoms with van der Waals surface area (Å²) in [5, 5.41) is 15.2. The number of carbonyl (C=O) groups is 1. The topological polar surface area (TPSA) is 66.9 Å². The summed E-state index contributed by atoms with van der Waals surface area (Å²) in [5.41, 5.74) is 3.82. The highest BCUT2D eigenvalue weighted by Crippen LogP contribution is 2.29. The number of aromatic nitrogens is 2. The molecule has 1 heterocycles. The zero-order valence-corrected chi connectivity index (χ0v) is 17.0. The van der Waals surface area contributed by atoms with E-state index in [2.05, 4.69) is 20.8 Å². The molecule has 29 heavy (non-hydrogen) atoms. The summed E-state index contributed by atoms with van der Waals surface area (Å²) in [6.45, 7) is 0. The molecule has 2 N–H and O–H groups in total. The summed E-state index contributed by atoms with van der Waals surface area (Å²) in [6, 6.07) is 27.6. The van der Waals surface area contributed by atoms with E-state index in [4.69, 9.17) is 0 Å². The Kier molecular flexibility index (Phi) is 6.19. The first kappa shape index (κ1) is 19.2. The number of thioether (sulfide) groups is 1. The SMILES string of the molecule is O=C(CSc1nnc(Nc2ccccc2)s1)Nc1ccccc1-c1ccccc1. The minimum atomic E-state index is -0.0776. The zero-order valence-electron chi connectivity index (χ0n) is 15.4. The number of benzene rings is 3. The van der Waals surface area contributed by atoms with Gasteiger partial charge in [-0.3, -0.25) is 4.79 Å².